The van der Waals surface area contributed by atoms with Crippen LogP contribution in [0.5, 0.6) is 0 Å². The number of aliphatic hydroxyl groups is 1. The number of anilines is 1. The summed E-state index contributed by atoms with van der Waals surface area (Å²) in [6.07, 6.45) is 0.494. The number of rotatable bonds is 3. The zero-order valence-electron chi connectivity index (χ0n) is 11.9. The molecule has 1 saturated heterocycles. The van der Waals surface area contributed by atoms with Gasteiger partial charge in [-0.15, -0.1) is 0 Å². The summed E-state index contributed by atoms with van der Waals surface area (Å²) in [4.78, 5) is 4.26. The minimum atomic E-state index is -0.499. The fourth-order valence-electron chi connectivity index (χ4n) is 1.95. The summed E-state index contributed by atoms with van der Waals surface area (Å²) >= 11 is 0. The Labute approximate surface area is 114 Å². The largest absolute Gasteiger partial charge is 0.498 e. The first-order valence-electron chi connectivity index (χ1n) is 6.48. The molecule has 19 heavy (non-hydrogen) atoms. The van der Waals surface area contributed by atoms with Crippen LogP contribution in [0.3, 0.4) is 0 Å². The predicted molar refractivity (Wildman–Crippen MR) is 75.2 cm³/mol. The summed E-state index contributed by atoms with van der Waals surface area (Å²) in [6.45, 7) is 8.04. The van der Waals surface area contributed by atoms with Crippen LogP contribution in [0, 0.1) is 0 Å². The van der Waals surface area contributed by atoms with Gasteiger partial charge in [0.15, 0.2) is 0 Å². The van der Waals surface area contributed by atoms with Crippen LogP contribution in [0.4, 0.5) is 5.82 Å². The van der Waals surface area contributed by atoms with Gasteiger partial charge in [-0.25, -0.2) is 4.98 Å². The number of pyridine rings is 1. The normalized spacial score (nSPS) is 20.8. The van der Waals surface area contributed by atoms with Gasteiger partial charge in [0.25, 0.3) is 0 Å². The van der Waals surface area contributed by atoms with Crippen molar-refractivity contribution in [2.45, 2.75) is 45.3 Å². The van der Waals surface area contributed by atoms with E-state index < -0.39 is 18.3 Å². The summed E-state index contributed by atoms with van der Waals surface area (Å²) in [5, 5.41) is 8.90. The Morgan fingerprint density at radius 1 is 1.21 bits per heavy atom. The van der Waals surface area contributed by atoms with Gasteiger partial charge in [-0.2, -0.15) is 0 Å². The van der Waals surface area contributed by atoms with Crippen molar-refractivity contribution in [2.75, 3.05) is 12.3 Å². The van der Waals surface area contributed by atoms with Gasteiger partial charge in [0.1, 0.15) is 5.82 Å². The van der Waals surface area contributed by atoms with Crippen molar-refractivity contribution in [3.63, 3.8) is 0 Å². The van der Waals surface area contributed by atoms with Gasteiger partial charge in [0.05, 0.1) is 11.2 Å². The van der Waals surface area contributed by atoms with Crippen molar-refractivity contribution in [2.24, 2.45) is 0 Å². The summed E-state index contributed by atoms with van der Waals surface area (Å²) in [5.41, 5.74) is 6.67. The summed E-state index contributed by atoms with van der Waals surface area (Å²) < 4.78 is 11.9. The molecule has 6 heteroatoms. The van der Waals surface area contributed by atoms with E-state index in [1.807, 2.05) is 39.8 Å². The van der Waals surface area contributed by atoms with Crippen LogP contribution < -0.4 is 11.2 Å². The molecule has 0 bridgehead atoms. The van der Waals surface area contributed by atoms with Crippen molar-refractivity contribution >= 4 is 18.4 Å². The number of hydrogen-bond acceptors (Lipinski definition) is 5. The summed E-state index contributed by atoms with van der Waals surface area (Å²) in [6, 6.07) is 3.70. The molecule has 1 aliphatic rings. The second-order valence-electron chi connectivity index (χ2n) is 5.84. The van der Waals surface area contributed by atoms with Crippen LogP contribution >= 0.6 is 0 Å². The standard InChI is InChI=1S/C13H21BN2O3/c1-12(2)13(3,4)19-14(18-12)10-6-5-9(7-8-17)16-11(10)15/h5-6,17H,7-8H2,1-4H3,(H2,15,16). The topological polar surface area (TPSA) is 77.6 Å². The van der Waals surface area contributed by atoms with Crippen LogP contribution in [-0.4, -0.2) is 35.0 Å². The lowest BCUT2D eigenvalue weighted by molar-refractivity contribution is 0.00578. The van der Waals surface area contributed by atoms with Crippen LogP contribution in [0.1, 0.15) is 33.4 Å². The monoisotopic (exact) mass is 264 g/mol. The highest BCUT2D eigenvalue weighted by molar-refractivity contribution is 6.63. The molecular formula is C13H21BN2O3. The van der Waals surface area contributed by atoms with Gasteiger partial charge < -0.3 is 20.1 Å². The highest BCUT2D eigenvalue weighted by Crippen LogP contribution is 2.36. The van der Waals surface area contributed by atoms with Gasteiger partial charge in [-0.3, -0.25) is 0 Å². The molecule has 1 aliphatic heterocycles. The molecule has 2 heterocycles. The molecule has 1 aromatic rings. The Bertz CT molecular complexity index is 461. The first kappa shape index (κ1) is 14.3. The Morgan fingerprint density at radius 2 is 1.79 bits per heavy atom. The van der Waals surface area contributed by atoms with Gasteiger partial charge in [-0.1, -0.05) is 6.07 Å². The predicted octanol–water partition coefficient (Wildman–Crippen LogP) is 0.498. The average molecular weight is 264 g/mol. The first-order valence-corrected chi connectivity index (χ1v) is 6.48. The minimum Gasteiger partial charge on any atom is -0.399 e. The second kappa shape index (κ2) is 4.78. The molecule has 0 saturated carbocycles. The van der Waals surface area contributed by atoms with E-state index in [1.54, 1.807) is 0 Å². The molecule has 0 spiro atoms. The van der Waals surface area contributed by atoms with Gasteiger partial charge in [0, 0.05) is 24.2 Å². The number of nitrogens with zero attached hydrogens (tertiary/aromatic N) is 1. The molecule has 0 aromatic carbocycles. The van der Waals surface area contributed by atoms with Crippen molar-refractivity contribution in [1.29, 1.82) is 0 Å². The van der Waals surface area contributed by atoms with E-state index in [2.05, 4.69) is 4.98 Å². The van der Waals surface area contributed by atoms with Crippen LogP contribution in [0.2, 0.25) is 0 Å². The van der Waals surface area contributed by atoms with Crippen LogP contribution in [0.25, 0.3) is 0 Å². The lowest BCUT2D eigenvalue weighted by atomic mass is 9.79. The molecule has 0 radical (unpaired) electrons. The second-order valence-corrected chi connectivity index (χ2v) is 5.84. The number of nitrogens with two attached hydrogens (primary N) is 1. The van der Waals surface area contributed by atoms with E-state index in [-0.39, 0.29) is 6.61 Å². The Hall–Kier alpha value is -1.11. The maximum atomic E-state index is 8.90. The van der Waals surface area contributed by atoms with Gasteiger partial charge in [0.2, 0.25) is 0 Å². The van der Waals surface area contributed by atoms with E-state index in [0.717, 1.165) is 11.2 Å². The number of aliphatic hydroxyl groups excluding tert-OH is 1. The molecule has 2 rings (SSSR count). The quantitative estimate of drug-likeness (QED) is 0.777. The third-order valence-corrected chi connectivity index (χ3v) is 3.89. The molecule has 104 valence electrons. The first-order chi connectivity index (χ1) is 8.77. The number of aromatic nitrogens is 1. The summed E-state index contributed by atoms with van der Waals surface area (Å²) in [5.74, 6) is 0.393. The molecule has 0 amide bonds. The average Bonchev–Trinajstić information content (AvgIpc) is 2.48. The van der Waals surface area contributed by atoms with E-state index in [4.69, 9.17) is 20.1 Å². The molecule has 0 unspecified atom stereocenters. The van der Waals surface area contributed by atoms with Crippen molar-refractivity contribution in [3.05, 3.63) is 17.8 Å². The SMILES string of the molecule is CC1(C)OB(c2ccc(CCO)nc2N)OC1(C)C. The Morgan fingerprint density at radius 3 is 2.26 bits per heavy atom. The molecule has 0 atom stereocenters. The van der Waals surface area contributed by atoms with Crippen molar-refractivity contribution in [1.82, 2.24) is 4.98 Å². The van der Waals surface area contributed by atoms with Gasteiger partial charge in [-0.05, 0) is 33.8 Å². The maximum Gasteiger partial charge on any atom is 0.498 e. The van der Waals surface area contributed by atoms with E-state index in [0.29, 0.717) is 12.2 Å². The van der Waals surface area contributed by atoms with Crippen LogP contribution in [-0.2, 0) is 15.7 Å². The maximum absolute atomic E-state index is 8.90. The fourth-order valence-corrected chi connectivity index (χ4v) is 1.95. The highest BCUT2D eigenvalue weighted by atomic mass is 16.7. The molecule has 0 aliphatic carbocycles. The van der Waals surface area contributed by atoms with E-state index >= 15 is 0 Å². The highest BCUT2D eigenvalue weighted by Gasteiger charge is 2.52. The molecule has 1 aromatic heterocycles. The van der Waals surface area contributed by atoms with Crippen molar-refractivity contribution in [3.8, 4) is 0 Å². The smallest absolute Gasteiger partial charge is 0.399 e. The van der Waals surface area contributed by atoms with E-state index in [9.17, 15) is 0 Å². The zero-order chi connectivity index (χ0) is 14.3. The Kier molecular flexibility index (Phi) is 3.60. The van der Waals surface area contributed by atoms with Crippen LogP contribution in [0.15, 0.2) is 12.1 Å². The number of nitrogen functional groups attached to an aromatic ring is 1. The lowest BCUT2D eigenvalue weighted by Crippen LogP contribution is -2.41. The lowest BCUT2D eigenvalue weighted by Gasteiger charge is -2.32. The third-order valence-electron chi connectivity index (χ3n) is 3.89. The summed E-state index contributed by atoms with van der Waals surface area (Å²) in [7, 11) is -0.499. The number of hydrogen-bond donors (Lipinski definition) is 2. The van der Waals surface area contributed by atoms with E-state index in [1.165, 1.54) is 0 Å². The molecule has 3 N–H and O–H groups in total. The Balaban J connectivity index is 2.25. The van der Waals surface area contributed by atoms with Crippen molar-refractivity contribution < 1.29 is 14.4 Å². The zero-order valence-corrected chi connectivity index (χ0v) is 11.9. The molecular weight excluding hydrogens is 243 g/mol. The fraction of sp³-hybridized carbons (Fsp3) is 0.615. The molecule has 5 nitrogen and oxygen atoms in total. The minimum absolute atomic E-state index is 0.0578. The molecule has 1 fully saturated rings. The third kappa shape index (κ3) is 2.61. The van der Waals surface area contributed by atoms with Gasteiger partial charge >= 0.3 is 7.12 Å².